The van der Waals surface area contributed by atoms with E-state index in [1.165, 1.54) is 0 Å². The highest BCUT2D eigenvalue weighted by atomic mass is 16.1. The van der Waals surface area contributed by atoms with Crippen LogP contribution < -0.4 is 0 Å². The van der Waals surface area contributed by atoms with Crippen LogP contribution in [0.2, 0.25) is 0 Å². The Balaban J connectivity index is 2.95. The Hall–Kier alpha value is -2.23. The maximum Gasteiger partial charge on any atom is 0.167 e. The summed E-state index contributed by atoms with van der Waals surface area (Å²) >= 11 is 0. The van der Waals surface area contributed by atoms with Gasteiger partial charge in [-0.25, -0.2) is 0 Å². The van der Waals surface area contributed by atoms with Gasteiger partial charge in [-0.1, -0.05) is 12.1 Å². The molecule has 1 aromatic heterocycles. The molecule has 0 radical (unpaired) electrons. The van der Waals surface area contributed by atoms with Gasteiger partial charge in [0.1, 0.15) is 0 Å². The van der Waals surface area contributed by atoms with Crippen molar-refractivity contribution in [2.45, 2.75) is 0 Å². The molecule has 0 aliphatic rings. The summed E-state index contributed by atoms with van der Waals surface area (Å²) in [5.74, 6) is 0. The Morgan fingerprint density at radius 2 is 1.80 bits per heavy atom. The molecule has 0 saturated carbocycles. The number of rotatable bonds is 3. The second-order valence-corrected chi connectivity index (χ2v) is 3.08. The van der Waals surface area contributed by atoms with E-state index in [4.69, 9.17) is 0 Å². The van der Waals surface area contributed by atoms with Crippen LogP contribution in [0.4, 0.5) is 0 Å². The molecule has 0 aliphatic carbocycles. The third-order valence-corrected chi connectivity index (χ3v) is 2.29. The standard InChI is InChI=1S/C11H7NO3/c13-4-7-2-1-3-9-11(7)8(5-14)10(6-15)12-9/h1-6,12H. The summed E-state index contributed by atoms with van der Waals surface area (Å²) < 4.78 is 0. The predicted octanol–water partition coefficient (Wildman–Crippen LogP) is 1.61. The van der Waals surface area contributed by atoms with E-state index in [1.807, 2.05) is 0 Å². The molecule has 4 nitrogen and oxygen atoms in total. The first-order valence-electron chi connectivity index (χ1n) is 4.32. The van der Waals surface area contributed by atoms with Crippen molar-refractivity contribution in [1.82, 2.24) is 4.98 Å². The molecule has 74 valence electrons. The molecule has 1 N–H and O–H groups in total. The van der Waals surface area contributed by atoms with Crippen molar-refractivity contribution < 1.29 is 14.4 Å². The summed E-state index contributed by atoms with van der Waals surface area (Å²) in [6.45, 7) is 0. The number of aromatic amines is 1. The second-order valence-electron chi connectivity index (χ2n) is 3.08. The maximum atomic E-state index is 10.8. The van der Waals surface area contributed by atoms with Crippen LogP contribution in [0.3, 0.4) is 0 Å². The van der Waals surface area contributed by atoms with Crippen LogP contribution >= 0.6 is 0 Å². The third kappa shape index (κ3) is 1.27. The summed E-state index contributed by atoms with van der Waals surface area (Å²) in [5, 5.41) is 0.504. The first-order valence-corrected chi connectivity index (χ1v) is 4.32. The number of nitrogens with one attached hydrogen (secondary N) is 1. The summed E-state index contributed by atoms with van der Waals surface area (Å²) in [5.41, 5.74) is 1.46. The van der Waals surface area contributed by atoms with Gasteiger partial charge in [0.2, 0.25) is 0 Å². The largest absolute Gasteiger partial charge is 0.352 e. The van der Waals surface area contributed by atoms with Gasteiger partial charge in [-0.2, -0.15) is 0 Å². The lowest BCUT2D eigenvalue weighted by Crippen LogP contribution is -1.88. The number of carbonyl (C=O) groups excluding carboxylic acids is 3. The van der Waals surface area contributed by atoms with E-state index in [2.05, 4.69) is 4.98 Å². The van der Waals surface area contributed by atoms with Gasteiger partial charge in [0, 0.05) is 16.5 Å². The highest BCUT2D eigenvalue weighted by Crippen LogP contribution is 2.22. The number of fused-ring (bicyclic) bond motifs is 1. The number of hydrogen-bond acceptors (Lipinski definition) is 3. The molecule has 0 saturated heterocycles. The Kier molecular flexibility index (Phi) is 2.17. The van der Waals surface area contributed by atoms with Gasteiger partial charge >= 0.3 is 0 Å². The first kappa shape index (κ1) is 9.33. The van der Waals surface area contributed by atoms with Crippen LogP contribution in [0.5, 0.6) is 0 Å². The first-order chi connectivity index (χ1) is 7.31. The number of aldehydes is 3. The van der Waals surface area contributed by atoms with E-state index in [0.717, 1.165) is 0 Å². The van der Waals surface area contributed by atoms with Crippen molar-refractivity contribution in [1.29, 1.82) is 0 Å². The number of benzene rings is 1. The minimum absolute atomic E-state index is 0.203. The monoisotopic (exact) mass is 201 g/mol. The summed E-state index contributed by atoms with van der Waals surface area (Å²) in [4.78, 5) is 35.1. The van der Waals surface area contributed by atoms with Crippen molar-refractivity contribution in [3.05, 3.63) is 35.0 Å². The number of hydrogen-bond donors (Lipinski definition) is 1. The van der Waals surface area contributed by atoms with Crippen molar-refractivity contribution in [3.8, 4) is 0 Å². The van der Waals surface area contributed by atoms with Crippen LogP contribution in [0, 0.1) is 0 Å². The molecule has 0 bridgehead atoms. The van der Waals surface area contributed by atoms with Crippen LogP contribution in [0.25, 0.3) is 10.9 Å². The molecular weight excluding hydrogens is 194 g/mol. The van der Waals surface area contributed by atoms with E-state index in [9.17, 15) is 14.4 Å². The van der Waals surface area contributed by atoms with Gasteiger partial charge in [-0.05, 0) is 6.07 Å². The molecule has 0 spiro atoms. The van der Waals surface area contributed by atoms with Gasteiger partial charge in [0.25, 0.3) is 0 Å². The van der Waals surface area contributed by atoms with Crippen LogP contribution in [0.15, 0.2) is 18.2 Å². The Bertz CT molecular complexity index is 554. The van der Waals surface area contributed by atoms with Crippen molar-refractivity contribution in [2.75, 3.05) is 0 Å². The highest BCUT2D eigenvalue weighted by molar-refractivity contribution is 6.10. The van der Waals surface area contributed by atoms with Gasteiger partial charge in [0.05, 0.1) is 11.3 Å². The molecule has 2 aromatic rings. The molecule has 1 heterocycles. The molecular formula is C11H7NO3. The normalized spacial score (nSPS) is 10.1. The van der Waals surface area contributed by atoms with Gasteiger partial charge in [-0.15, -0.1) is 0 Å². The molecule has 2 rings (SSSR count). The van der Waals surface area contributed by atoms with Crippen LogP contribution in [0.1, 0.15) is 31.2 Å². The lowest BCUT2D eigenvalue weighted by atomic mass is 10.1. The van der Waals surface area contributed by atoms with Crippen LogP contribution in [-0.2, 0) is 0 Å². The minimum Gasteiger partial charge on any atom is -0.352 e. The van der Waals surface area contributed by atoms with Crippen molar-refractivity contribution >= 4 is 29.8 Å². The molecule has 0 fully saturated rings. The average Bonchev–Trinajstić information content (AvgIpc) is 2.66. The quantitative estimate of drug-likeness (QED) is 0.767. The highest BCUT2D eigenvalue weighted by Gasteiger charge is 2.12. The topological polar surface area (TPSA) is 67.0 Å². The third-order valence-electron chi connectivity index (χ3n) is 2.29. The zero-order valence-corrected chi connectivity index (χ0v) is 7.69. The SMILES string of the molecule is O=Cc1[nH]c2cccc(C=O)c2c1C=O. The minimum atomic E-state index is 0.203. The fraction of sp³-hybridized carbons (Fsp3) is 0. The summed E-state index contributed by atoms with van der Waals surface area (Å²) in [6, 6.07) is 5.00. The summed E-state index contributed by atoms with van der Waals surface area (Å²) in [7, 11) is 0. The lowest BCUT2D eigenvalue weighted by Gasteiger charge is -1.94. The van der Waals surface area contributed by atoms with E-state index < -0.39 is 0 Å². The molecule has 0 unspecified atom stereocenters. The maximum absolute atomic E-state index is 10.8. The smallest absolute Gasteiger partial charge is 0.167 e. The fourth-order valence-electron chi connectivity index (χ4n) is 1.64. The zero-order valence-electron chi connectivity index (χ0n) is 7.69. The molecule has 0 amide bonds. The Labute approximate surface area is 84.9 Å². The Morgan fingerprint density at radius 3 is 2.40 bits per heavy atom. The number of aromatic nitrogens is 1. The van der Waals surface area contributed by atoms with Crippen molar-refractivity contribution in [3.63, 3.8) is 0 Å². The zero-order chi connectivity index (χ0) is 10.8. The molecule has 1 aromatic carbocycles. The predicted molar refractivity (Wildman–Crippen MR) is 54.5 cm³/mol. The van der Waals surface area contributed by atoms with Crippen molar-refractivity contribution in [2.24, 2.45) is 0 Å². The van der Waals surface area contributed by atoms with E-state index in [1.54, 1.807) is 18.2 Å². The second kappa shape index (κ2) is 3.49. The number of carbonyl (C=O) groups is 3. The van der Waals surface area contributed by atoms with E-state index >= 15 is 0 Å². The van der Waals surface area contributed by atoms with E-state index in [-0.39, 0.29) is 11.3 Å². The Morgan fingerprint density at radius 1 is 1.00 bits per heavy atom. The van der Waals surface area contributed by atoms with Crippen LogP contribution in [-0.4, -0.2) is 23.8 Å². The van der Waals surface area contributed by atoms with Gasteiger partial charge in [0.15, 0.2) is 18.9 Å². The molecule has 4 heteroatoms. The summed E-state index contributed by atoms with van der Waals surface area (Å²) in [6.07, 6.45) is 1.81. The fourth-order valence-corrected chi connectivity index (χ4v) is 1.64. The molecule has 0 atom stereocenters. The van der Waals surface area contributed by atoms with Gasteiger partial charge < -0.3 is 4.98 Å². The molecule has 15 heavy (non-hydrogen) atoms. The average molecular weight is 201 g/mol. The lowest BCUT2D eigenvalue weighted by molar-refractivity contribution is 0.109. The van der Waals surface area contributed by atoms with Gasteiger partial charge in [-0.3, -0.25) is 14.4 Å². The van der Waals surface area contributed by atoms with E-state index in [0.29, 0.717) is 35.3 Å². The molecule has 0 aliphatic heterocycles. The number of H-pyrrole nitrogens is 1.